The van der Waals surface area contributed by atoms with Gasteiger partial charge in [-0.05, 0) is 12.8 Å². The summed E-state index contributed by atoms with van der Waals surface area (Å²) < 4.78 is 0. The van der Waals surface area contributed by atoms with Gasteiger partial charge in [0, 0.05) is 5.25 Å². The fourth-order valence-electron chi connectivity index (χ4n) is 0. The average molecular weight is 141 g/mol. The van der Waals surface area contributed by atoms with E-state index in [1.807, 2.05) is 0 Å². The van der Waals surface area contributed by atoms with Gasteiger partial charge in [0.05, 0.1) is 0 Å². The summed E-state index contributed by atoms with van der Waals surface area (Å²) >= 11 is 3.66. The topological polar surface area (TPSA) is 46.9 Å². The maximum Gasteiger partial charge on any atom is 0.0263 e. The van der Waals surface area contributed by atoms with Crippen LogP contribution in [0.3, 0.4) is 0 Å². The smallest absolute Gasteiger partial charge is 0.0263 e. The van der Waals surface area contributed by atoms with Gasteiger partial charge in [-0.3, -0.25) is 0 Å². The van der Waals surface area contributed by atoms with E-state index >= 15 is 0 Å². The van der Waals surface area contributed by atoms with Crippen molar-refractivity contribution in [2.24, 2.45) is 0 Å². The summed E-state index contributed by atoms with van der Waals surface area (Å²) in [6.07, 6.45) is 0. The normalized spacial score (nSPS) is 11.7. The molecule has 0 aliphatic rings. The molecule has 44 valence electrons. The average Bonchev–Trinajstić information content (AvgIpc) is 1.36. The molecule has 0 aliphatic carbocycles. The van der Waals surface area contributed by atoms with Gasteiger partial charge in [-0.15, -0.1) is 12.4 Å². The van der Waals surface area contributed by atoms with Gasteiger partial charge in [-0.25, -0.2) is 0 Å². The standard InChI is InChI=1S/C3H7NOS.ClH/c1-2(6)3(4)5;/h2,6H,1H3,(H2,4,5);1H/p-1. The first-order chi connectivity index (χ1) is 2.64. The molecule has 2 nitrogen and oxygen atoms in total. The lowest BCUT2D eigenvalue weighted by atomic mass is 10.5. The molecule has 0 fully saturated rings. The zero-order valence-electron chi connectivity index (χ0n) is 3.84. The largest absolute Gasteiger partial charge is 0.861 e. The highest BCUT2D eigenvalue weighted by atomic mass is 35.5. The summed E-state index contributed by atoms with van der Waals surface area (Å²) in [5.41, 5.74) is 0. The van der Waals surface area contributed by atoms with Crippen molar-refractivity contribution in [3.63, 3.8) is 0 Å². The van der Waals surface area contributed by atoms with E-state index in [2.05, 4.69) is 12.6 Å². The van der Waals surface area contributed by atoms with Crippen molar-refractivity contribution < 1.29 is 5.11 Å². The van der Waals surface area contributed by atoms with Crippen LogP contribution in [0.4, 0.5) is 0 Å². The second-order valence-electron chi connectivity index (χ2n) is 1.04. The van der Waals surface area contributed by atoms with Crippen molar-refractivity contribution in [2.45, 2.75) is 12.2 Å². The van der Waals surface area contributed by atoms with Crippen LogP contribution in [0.25, 0.3) is 0 Å². The summed E-state index contributed by atoms with van der Waals surface area (Å²) in [6, 6.07) is 0. The molecule has 0 radical (unpaired) electrons. The van der Waals surface area contributed by atoms with Gasteiger partial charge in [0.2, 0.25) is 0 Å². The molecule has 0 aliphatic heterocycles. The fraction of sp³-hybridized carbons (Fsp3) is 0.667. The van der Waals surface area contributed by atoms with Gasteiger partial charge in [-0.2, -0.15) is 12.6 Å². The number of hydrogen-bond donors (Lipinski definition) is 2. The molecule has 1 unspecified atom stereocenters. The van der Waals surface area contributed by atoms with E-state index in [9.17, 15) is 5.11 Å². The van der Waals surface area contributed by atoms with E-state index in [0.717, 1.165) is 0 Å². The minimum Gasteiger partial charge on any atom is -0.861 e. The third kappa shape index (κ3) is 6.11. The lowest BCUT2D eigenvalue weighted by Crippen LogP contribution is -2.24. The Balaban J connectivity index is 0. The number of halogens is 1. The molecule has 0 rings (SSSR count). The Morgan fingerprint density at radius 2 is 2.00 bits per heavy atom. The minimum atomic E-state index is -0.627. The lowest BCUT2D eigenvalue weighted by Gasteiger charge is -2.07. The van der Waals surface area contributed by atoms with E-state index in [4.69, 9.17) is 5.41 Å². The molecule has 0 spiro atoms. The van der Waals surface area contributed by atoms with Crippen molar-refractivity contribution >= 4 is 30.9 Å². The van der Waals surface area contributed by atoms with Crippen molar-refractivity contribution in [1.29, 1.82) is 5.41 Å². The van der Waals surface area contributed by atoms with Gasteiger partial charge < -0.3 is 10.5 Å². The van der Waals surface area contributed by atoms with Gasteiger partial charge in [0.1, 0.15) is 0 Å². The molecular weight excluding hydrogens is 134 g/mol. The van der Waals surface area contributed by atoms with E-state index < -0.39 is 11.1 Å². The molecule has 1 atom stereocenters. The molecule has 1 N–H and O–H groups in total. The van der Waals surface area contributed by atoms with Crippen molar-refractivity contribution in [3.05, 3.63) is 0 Å². The molecule has 0 aromatic carbocycles. The maximum absolute atomic E-state index is 9.73. The predicted octanol–water partition coefficient (Wildman–Crippen LogP) is 0.0641. The molecule has 0 aromatic heterocycles. The monoisotopic (exact) mass is 140 g/mol. The number of hydrogen-bond acceptors (Lipinski definition) is 3. The van der Waals surface area contributed by atoms with Crippen LogP contribution in [0.5, 0.6) is 0 Å². The summed E-state index contributed by atoms with van der Waals surface area (Å²) in [5, 5.41) is 15.6. The van der Waals surface area contributed by atoms with Crippen LogP contribution in [0.1, 0.15) is 6.92 Å². The first-order valence-corrected chi connectivity index (χ1v) is 2.09. The summed E-state index contributed by atoms with van der Waals surface area (Å²) in [5.74, 6) is -0.627. The lowest BCUT2D eigenvalue weighted by molar-refractivity contribution is -0.219. The Morgan fingerprint density at radius 3 is 2.00 bits per heavy atom. The molecular formula is C3H7ClNOS-. The highest BCUT2D eigenvalue weighted by molar-refractivity contribution is 7.81. The van der Waals surface area contributed by atoms with Gasteiger partial charge in [0.15, 0.2) is 0 Å². The number of nitrogens with one attached hydrogen (secondary N) is 1. The van der Waals surface area contributed by atoms with Gasteiger partial charge in [-0.1, -0.05) is 0 Å². The summed E-state index contributed by atoms with van der Waals surface area (Å²) in [4.78, 5) is 0. The summed E-state index contributed by atoms with van der Waals surface area (Å²) in [7, 11) is 0. The molecule has 0 saturated carbocycles. The van der Waals surface area contributed by atoms with E-state index in [1.165, 1.54) is 0 Å². The Kier molecular flexibility index (Phi) is 6.21. The van der Waals surface area contributed by atoms with Crippen LogP contribution in [0.15, 0.2) is 0 Å². The van der Waals surface area contributed by atoms with Crippen LogP contribution in [0, 0.1) is 5.41 Å². The van der Waals surface area contributed by atoms with Crippen LogP contribution in [-0.2, 0) is 0 Å². The number of thiol groups is 1. The third-order valence-electron chi connectivity index (χ3n) is 0.379. The number of rotatable bonds is 1. The van der Waals surface area contributed by atoms with Gasteiger partial charge in [0.25, 0.3) is 0 Å². The zero-order valence-corrected chi connectivity index (χ0v) is 5.55. The van der Waals surface area contributed by atoms with Crippen LogP contribution >= 0.6 is 25.0 Å². The predicted molar refractivity (Wildman–Crippen MR) is 33.4 cm³/mol. The van der Waals surface area contributed by atoms with Crippen molar-refractivity contribution in [1.82, 2.24) is 0 Å². The highest BCUT2D eigenvalue weighted by Crippen LogP contribution is 1.86. The first kappa shape index (κ1) is 10.2. The fourth-order valence-corrected chi connectivity index (χ4v) is 0. The SMILES string of the molecule is CC(S)C(=N)[O-].Cl. The molecule has 7 heavy (non-hydrogen) atoms. The highest BCUT2D eigenvalue weighted by Gasteiger charge is 1.84. The second-order valence-corrected chi connectivity index (χ2v) is 1.81. The quantitative estimate of drug-likeness (QED) is 0.302. The first-order valence-electron chi connectivity index (χ1n) is 1.58. The molecule has 4 heteroatoms. The van der Waals surface area contributed by atoms with E-state index in [0.29, 0.717) is 0 Å². The Bertz CT molecular complexity index is 66.0. The zero-order chi connectivity index (χ0) is 5.15. The molecule has 0 aromatic rings. The molecule has 0 amide bonds. The molecule has 0 saturated heterocycles. The minimum absolute atomic E-state index is 0. The van der Waals surface area contributed by atoms with Crippen molar-refractivity contribution in [3.8, 4) is 0 Å². The Labute approximate surface area is 54.3 Å². The van der Waals surface area contributed by atoms with E-state index in [1.54, 1.807) is 6.92 Å². The van der Waals surface area contributed by atoms with Crippen LogP contribution < -0.4 is 5.11 Å². The Hall–Kier alpha value is 0.110. The third-order valence-corrected chi connectivity index (χ3v) is 0.614. The molecule has 0 bridgehead atoms. The van der Waals surface area contributed by atoms with Crippen LogP contribution in [0.2, 0.25) is 0 Å². The van der Waals surface area contributed by atoms with Crippen molar-refractivity contribution in [2.75, 3.05) is 0 Å². The maximum atomic E-state index is 9.73. The second kappa shape index (κ2) is 4.27. The van der Waals surface area contributed by atoms with Crippen LogP contribution in [-0.4, -0.2) is 11.1 Å². The Morgan fingerprint density at radius 1 is 1.86 bits per heavy atom. The summed E-state index contributed by atoms with van der Waals surface area (Å²) in [6.45, 7) is 1.57. The molecule has 0 heterocycles. The van der Waals surface area contributed by atoms with E-state index in [-0.39, 0.29) is 12.4 Å². The van der Waals surface area contributed by atoms with Gasteiger partial charge >= 0.3 is 0 Å².